The first-order valence-electron chi connectivity index (χ1n) is 11.7. The number of hydrogen-bond donors (Lipinski definition) is 1. The number of anilines is 2. The van der Waals surface area contributed by atoms with Crippen LogP contribution in [0.15, 0.2) is 103 Å². The number of methoxy groups -OCH3 is 1. The van der Waals surface area contributed by atoms with Gasteiger partial charge in [-0.3, -0.25) is 0 Å². The molecule has 4 aromatic rings. The molecular weight excluding hydrogens is 437 g/mol. The van der Waals surface area contributed by atoms with Crippen LogP contribution < -0.4 is 14.9 Å². The van der Waals surface area contributed by atoms with E-state index >= 15 is 0 Å². The molecule has 4 heteroatoms. The van der Waals surface area contributed by atoms with Crippen LogP contribution in [0.25, 0.3) is 0 Å². The van der Waals surface area contributed by atoms with Gasteiger partial charge in [0.15, 0.2) is 0 Å². The Kier molecular flexibility index (Phi) is 7.55. The van der Waals surface area contributed by atoms with Crippen molar-refractivity contribution >= 4 is 25.3 Å². The number of aromatic hydroxyl groups is 1. The number of hydrogen-bond acceptors (Lipinski definition) is 3. The summed E-state index contributed by atoms with van der Waals surface area (Å²) in [5.74, 6) is 1.09. The van der Waals surface area contributed by atoms with Crippen LogP contribution in [0.4, 0.5) is 11.4 Å². The van der Waals surface area contributed by atoms with Crippen molar-refractivity contribution < 1.29 is 9.84 Å². The van der Waals surface area contributed by atoms with E-state index in [4.69, 9.17) is 4.74 Å². The van der Waals surface area contributed by atoms with Gasteiger partial charge in [-0.25, -0.2) is 0 Å². The summed E-state index contributed by atoms with van der Waals surface area (Å²) >= 11 is 0. The molecule has 4 rings (SSSR count). The molecule has 1 N–H and O–H groups in total. The molecule has 0 bridgehead atoms. The molecule has 0 fully saturated rings. The van der Waals surface area contributed by atoms with Crippen molar-refractivity contribution in [2.45, 2.75) is 32.0 Å². The lowest BCUT2D eigenvalue weighted by Gasteiger charge is -2.32. The van der Waals surface area contributed by atoms with Crippen molar-refractivity contribution in [2.75, 3.05) is 12.0 Å². The average Bonchev–Trinajstić information content (AvgIpc) is 2.89. The standard InChI is InChI=1S/C30H32NO2P/c1-4-30(2,27-21-26(33-3)19-20-28(27)32)34-29-18-12-11-13-23(29)22-31(24-14-7-5-8-15-24)25-16-9-6-10-17-25/h5-21,32,34H,4,22H2,1-3H3. The van der Waals surface area contributed by atoms with E-state index in [1.165, 1.54) is 10.9 Å². The molecule has 174 valence electrons. The van der Waals surface area contributed by atoms with E-state index in [2.05, 4.69) is 104 Å². The predicted molar refractivity (Wildman–Crippen MR) is 145 cm³/mol. The number of para-hydroxylation sites is 2. The second-order valence-electron chi connectivity index (χ2n) is 8.61. The summed E-state index contributed by atoms with van der Waals surface area (Å²) in [6.45, 7) is 5.19. The number of rotatable bonds is 9. The Labute approximate surface area is 204 Å². The lowest BCUT2D eigenvalue weighted by Crippen LogP contribution is -2.24. The van der Waals surface area contributed by atoms with Gasteiger partial charge < -0.3 is 14.7 Å². The molecule has 0 aliphatic rings. The molecule has 0 spiro atoms. The van der Waals surface area contributed by atoms with Crippen molar-refractivity contribution in [3.63, 3.8) is 0 Å². The van der Waals surface area contributed by atoms with E-state index in [1.54, 1.807) is 13.2 Å². The predicted octanol–water partition coefficient (Wildman–Crippen LogP) is 7.37. The van der Waals surface area contributed by atoms with Gasteiger partial charge in [0, 0.05) is 28.6 Å². The van der Waals surface area contributed by atoms with Crippen LogP contribution in [0.2, 0.25) is 0 Å². The summed E-state index contributed by atoms with van der Waals surface area (Å²) in [6.07, 6.45) is 0.904. The van der Waals surface area contributed by atoms with Gasteiger partial charge in [-0.05, 0) is 59.8 Å². The third-order valence-electron chi connectivity index (χ3n) is 6.40. The number of benzene rings is 4. The van der Waals surface area contributed by atoms with Crippen LogP contribution >= 0.6 is 8.58 Å². The number of ether oxygens (including phenoxy) is 1. The highest BCUT2D eigenvalue weighted by molar-refractivity contribution is 7.48. The van der Waals surface area contributed by atoms with Gasteiger partial charge in [0.25, 0.3) is 0 Å². The average molecular weight is 470 g/mol. The Balaban J connectivity index is 1.71. The number of phenols is 1. The van der Waals surface area contributed by atoms with Crippen molar-refractivity contribution in [3.05, 3.63) is 114 Å². The third kappa shape index (κ3) is 5.26. The molecule has 0 aromatic heterocycles. The Morgan fingerprint density at radius 3 is 2.00 bits per heavy atom. The minimum Gasteiger partial charge on any atom is -0.508 e. The normalized spacial score (nSPS) is 13.0. The Morgan fingerprint density at radius 2 is 1.41 bits per heavy atom. The van der Waals surface area contributed by atoms with E-state index in [-0.39, 0.29) is 5.16 Å². The van der Waals surface area contributed by atoms with Crippen molar-refractivity contribution in [3.8, 4) is 11.5 Å². The molecule has 4 aromatic carbocycles. The van der Waals surface area contributed by atoms with E-state index in [1.807, 2.05) is 12.1 Å². The summed E-state index contributed by atoms with van der Waals surface area (Å²) in [5.41, 5.74) is 4.55. The van der Waals surface area contributed by atoms with E-state index in [0.717, 1.165) is 35.7 Å². The van der Waals surface area contributed by atoms with Gasteiger partial charge in [-0.2, -0.15) is 0 Å². The van der Waals surface area contributed by atoms with Crippen LogP contribution in [-0.4, -0.2) is 12.2 Å². The fraction of sp³-hybridized carbons (Fsp3) is 0.200. The van der Waals surface area contributed by atoms with Gasteiger partial charge >= 0.3 is 0 Å². The summed E-state index contributed by atoms with van der Waals surface area (Å²) in [5, 5.41) is 11.8. The third-order valence-corrected chi connectivity index (χ3v) is 8.33. The summed E-state index contributed by atoms with van der Waals surface area (Å²) < 4.78 is 5.46. The highest BCUT2D eigenvalue weighted by Crippen LogP contribution is 2.48. The lowest BCUT2D eigenvalue weighted by atomic mass is 9.96. The molecule has 3 nitrogen and oxygen atoms in total. The SMILES string of the molecule is CCC(C)(Pc1ccccc1CN(c1ccccc1)c1ccccc1)c1cc(OC)ccc1O. The maximum Gasteiger partial charge on any atom is 0.119 e. The Hall–Kier alpha value is -3.29. The van der Waals surface area contributed by atoms with Crippen molar-refractivity contribution in [2.24, 2.45) is 0 Å². The fourth-order valence-electron chi connectivity index (χ4n) is 4.23. The quantitative estimate of drug-likeness (QED) is 0.260. The van der Waals surface area contributed by atoms with Crippen LogP contribution in [-0.2, 0) is 11.7 Å². The first kappa shape index (κ1) is 23.9. The number of nitrogens with zero attached hydrogens (tertiary/aromatic N) is 1. The second-order valence-corrected chi connectivity index (χ2v) is 10.5. The first-order chi connectivity index (χ1) is 16.5. The highest BCUT2D eigenvalue weighted by atomic mass is 31.1. The zero-order valence-corrected chi connectivity index (χ0v) is 21.0. The monoisotopic (exact) mass is 469 g/mol. The number of phenolic OH excluding ortho intramolecular Hbond substituents is 1. The maximum atomic E-state index is 10.7. The van der Waals surface area contributed by atoms with Gasteiger partial charge in [0.1, 0.15) is 11.5 Å². The Bertz CT molecular complexity index is 1170. The molecule has 0 amide bonds. The molecule has 0 saturated carbocycles. The molecule has 2 atom stereocenters. The lowest BCUT2D eigenvalue weighted by molar-refractivity contribution is 0.408. The van der Waals surface area contributed by atoms with Crippen molar-refractivity contribution in [1.82, 2.24) is 0 Å². The highest BCUT2D eigenvalue weighted by Gasteiger charge is 2.29. The smallest absolute Gasteiger partial charge is 0.119 e. The largest absolute Gasteiger partial charge is 0.508 e. The summed E-state index contributed by atoms with van der Waals surface area (Å²) in [6, 6.07) is 35.3. The fourth-order valence-corrected chi connectivity index (χ4v) is 5.83. The van der Waals surface area contributed by atoms with Crippen molar-refractivity contribution in [1.29, 1.82) is 0 Å². The van der Waals surface area contributed by atoms with Gasteiger partial charge in [0.2, 0.25) is 0 Å². The molecular formula is C30H32NO2P. The first-order valence-corrected chi connectivity index (χ1v) is 12.7. The van der Waals surface area contributed by atoms with E-state index in [9.17, 15) is 5.11 Å². The molecule has 0 aliphatic carbocycles. The van der Waals surface area contributed by atoms with E-state index < -0.39 is 0 Å². The van der Waals surface area contributed by atoms with Crippen LogP contribution in [0, 0.1) is 0 Å². The molecule has 0 aliphatic heterocycles. The molecule has 0 radical (unpaired) electrons. The maximum absolute atomic E-state index is 10.7. The van der Waals surface area contributed by atoms with Gasteiger partial charge in [-0.15, -0.1) is 0 Å². The molecule has 0 heterocycles. The zero-order chi connectivity index (χ0) is 24.0. The molecule has 2 unspecified atom stereocenters. The summed E-state index contributed by atoms with van der Waals surface area (Å²) in [7, 11) is 2.16. The second kappa shape index (κ2) is 10.8. The minimum absolute atomic E-state index is 0.209. The molecule has 0 saturated heterocycles. The van der Waals surface area contributed by atoms with Gasteiger partial charge in [-0.1, -0.05) is 83.1 Å². The topological polar surface area (TPSA) is 32.7 Å². The van der Waals surface area contributed by atoms with Crippen LogP contribution in [0.1, 0.15) is 31.4 Å². The van der Waals surface area contributed by atoms with Crippen LogP contribution in [0.3, 0.4) is 0 Å². The van der Waals surface area contributed by atoms with Gasteiger partial charge in [0.05, 0.1) is 7.11 Å². The van der Waals surface area contributed by atoms with E-state index in [0.29, 0.717) is 14.3 Å². The summed E-state index contributed by atoms with van der Waals surface area (Å²) in [4.78, 5) is 2.36. The Morgan fingerprint density at radius 1 is 0.824 bits per heavy atom. The minimum atomic E-state index is -0.209. The van der Waals surface area contributed by atoms with Crippen LogP contribution in [0.5, 0.6) is 11.5 Å². The zero-order valence-electron chi connectivity index (χ0n) is 20.0. The molecule has 34 heavy (non-hydrogen) atoms.